The van der Waals surface area contributed by atoms with E-state index < -0.39 is 6.04 Å². The van der Waals surface area contributed by atoms with Gasteiger partial charge < -0.3 is 33.5 Å². The number of carbonyl (C=O) groups excluding carboxylic acids is 4. The summed E-state index contributed by atoms with van der Waals surface area (Å²) in [5.41, 5.74) is 0.604. The van der Waals surface area contributed by atoms with Crippen LogP contribution >= 0.6 is 0 Å². The number of allylic oxidation sites excluding steroid dienone is 1. The van der Waals surface area contributed by atoms with E-state index in [-0.39, 0.29) is 84.6 Å². The molecule has 0 N–H and O–H groups in total. The monoisotopic (exact) mass is 661 g/mol. The maximum atomic E-state index is 13.3. The van der Waals surface area contributed by atoms with Crippen LogP contribution < -0.4 is 0 Å². The number of amides is 2. The SMILES string of the molecule is CO[C@@H]1[C@H](OC(=O)N2CCN(CCOC(=O)C3CCCN3C(=O)CCC(=O)C(C)C)CC2)CC[C@]2(CO2)[C@H]1[C@]1(C)O[C@@H]1CC=C(C)C. The number of ketones is 1. The van der Waals surface area contributed by atoms with Crippen molar-refractivity contribution in [1.82, 2.24) is 14.7 Å². The zero-order valence-electron chi connectivity index (χ0n) is 29.2. The first-order valence-corrected chi connectivity index (χ1v) is 17.5. The molecule has 0 aromatic rings. The topological polar surface area (TPSA) is 131 Å². The maximum Gasteiger partial charge on any atom is 0.410 e. The van der Waals surface area contributed by atoms with Crippen LogP contribution in [-0.2, 0) is 38.1 Å². The van der Waals surface area contributed by atoms with E-state index in [1.165, 1.54) is 5.57 Å². The van der Waals surface area contributed by atoms with Gasteiger partial charge in [0.1, 0.15) is 41.8 Å². The van der Waals surface area contributed by atoms with Gasteiger partial charge in [-0.1, -0.05) is 25.5 Å². The number of nitrogens with zero attached hydrogens (tertiary/aromatic N) is 3. The second-order valence-electron chi connectivity index (χ2n) is 14.7. The third kappa shape index (κ3) is 8.20. The first-order chi connectivity index (χ1) is 22.4. The molecule has 1 aliphatic carbocycles. The molecule has 1 spiro atoms. The van der Waals surface area contributed by atoms with Gasteiger partial charge in [0, 0.05) is 65.1 Å². The number of carbonyl (C=O) groups is 4. The second kappa shape index (κ2) is 14.9. The lowest BCUT2D eigenvalue weighted by atomic mass is 9.68. The third-order valence-electron chi connectivity index (χ3n) is 10.8. The van der Waals surface area contributed by atoms with Gasteiger partial charge in [0.2, 0.25) is 5.91 Å². The predicted molar refractivity (Wildman–Crippen MR) is 173 cm³/mol. The van der Waals surface area contributed by atoms with E-state index in [4.69, 9.17) is 23.7 Å². The Morgan fingerprint density at radius 3 is 2.38 bits per heavy atom. The second-order valence-corrected chi connectivity index (χ2v) is 14.7. The van der Waals surface area contributed by atoms with E-state index in [0.29, 0.717) is 58.7 Å². The lowest BCUT2D eigenvalue weighted by Gasteiger charge is -2.43. The molecule has 1 unspecified atom stereocenters. The van der Waals surface area contributed by atoms with Crippen molar-refractivity contribution in [2.75, 3.05) is 59.6 Å². The van der Waals surface area contributed by atoms with Gasteiger partial charge in [-0.25, -0.2) is 9.59 Å². The van der Waals surface area contributed by atoms with Gasteiger partial charge in [0.15, 0.2) is 0 Å². The van der Waals surface area contributed by atoms with Crippen LogP contribution in [0, 0.1) is 11.8 Å². The molecule has 4 saturated heterocycles. The summed E-state index contributed by atoms with van der Waals surface area (Å²) in [7, 11) is 1.68. The lowest BCUT2D eigenvalue weighted by molar-refractivity contribution is -0.154. The van der Waals surface area contributed by atoms with Crippen LogP contribution in [0.5, 0.6) is 0 Å². The molecule has 2 amide bonds. The summed E-state index contributed by atoms with van der Waals surface area (Å²) in [4.78, 5) is 56.3. The van der Waals surface area contributed by atoms with Gasteiger partial charge in [0.05, 0.1) is 18.6 Å². The minimum atomic E-state index is -0.586. The molecule has 0 aromatic heterocycles. The summed E-state index contributed by atoms with van der Waals surface area (Å²) < 4.78 is 30.0. The molecule has 5 rings (SSSR count). The molecule has 47 heavy (non-hydrogen) atoms. The number of epoxide rings is 2. The van der Waals surface area contributed by atoms with Crippen LogP contribution in [0.15, 0.2) is 11.6 Å². The zero-order valence-corrected chi connectivity index (χ0v) is 29.2. The Hall–Kier alpha value is -2.54. The van der Waals surface area contributed by atoms with Crippen molar-refractivity contribution in [1.29, 1.82) is 0 Å². The summed E-state index contributed by atoms with van der Waals surface area (Å²) >= 11 is 0. The Balaban J connectivity index is 1.04. The summed E-state index contributed by atoms with van der Waals surface area (Å²) in [6.07, 6.45) is 5.23. The molecule has 0 aromatic carbocycles. The largest absolute Gasteiger partial charge is 0.463 e. The fourth-order valence-electron chi connectivity index (χ4n) is 7.77. The van der Waals surface area contributed by atoms with Crippen LogP contribution in [0.1, 0.15) is 79.6 Å². The number of methoxy groups -OCH3 is 1. The highest BCUT2D eigenvalue weighted by molar-refractivity contribution is 5.89. The third-order valence-corrected chi connectivity index (χ3v) is 10.8. The van der Waals surface area contributed by atoms with Crippen molar-refractivity contribution >= 4 is 23.8 Å². The van der Waals surface area contributed by atoms with Gasteiger partial charge >= 0.3 is 12.1 Å². The Kier molecular flexibility index (Phi) is 11.4. The number of hydrogen-bond donors (Lipinski definition) is 0. The highest BCUT2D eigenvalue weighted by atomic mass is 16.6. The number of piperazine rings is 1. The van der Waals surface area contributed by atoms with Crippen molar-refractivity contribution < 1.29 is 42.9 Å². The van der Waals surface area contributed by atoms with Crippen molar-refractivity contribution in [2.24, 2.45) is 11.8 Å². The van der Waals surface area contributed by atoms with Gasteiger partial charge in [0.25, 0.3) is 0 Å². The van der Waals surface area contributed by atoms with E-state index in [1.807, 2.05) is 13.8 Å². The van der Waals surface area contributed by atoms with Crippen molar-refractivity contribution in [2.45, 2.75) is 115 Å². The Morgan fingerprint density at radius 1 is 1.02 bits per heavy atom. The summed E-state index contributed by atoms with van der Waals surface area (Å²) in [6.45, 7) is 14.2. The quantitative estimate of drug-likeness (QED) is 0.165. The van der Waals surface area contributed by atoms with E-state index in [9.17, 15) is 19.2 Å². The Morgan fingerprint density at radius 2 is 1.74 bits per heavy atom. The molecule has 4 heterocycles. The van der Waals surface area contributed by atoms with Gasteiger partial charge in [-0.2, -0.15) is 0 Å². The average molecular weight is 662 g/mol. The maximum absolute atomic E-state index is 13.3. The van der Waals surface area contributed by atoms with Crippen LogP contribution in [0.3, 0.4) is 0 Å². The molecular formula is C35H55N3O9. The molecule has 5 fully saturated rings. The first kappa shape index (κ1) is 35.8. The van der Waals surface area contributed by atoms with Gasteiger partial charge in [-0.3, -0.25) is 14.5 Å². The molecule has 0 bridgehead atoms. The Bertz CT molecular complexity index is 1190. The fraction of sp³-hybridized carbons (Fsp3) is 0.829. The van der Waals surface area contributed by atoms with Crippen LogP contribution in [-0.4, -0.2) is 134 Å². The van der Waals surface area contributed by atoms with E-state index >= 15 is 0 Å². The Labute approximate surface area is 279 Å². The van der Waals surface area contributed by atoms with E-state index in [0.717, 1.165) is 19.3 Å². The molecule has 7 atom stereocenters. The highest BCUT2D eigenvalue weighted by Crippen LogP contribution is 2.59. The minimum Gasteiger partial charge on any atom is -0.463 e. The predicted octanol–water partition coefficient (Wildman–Crippen LogP) is 3.36. The molecule has 5 aliphatic rings. The van der Waals surface area contributed by atoms with Crippen LogP contribution in [0.2, 0.25) is 0 Å². The number of hydrogen-bond acceptors (Lipinski definition) is 10. The lowest BCUT2D eigenvalue weighted by Crippen LogP contribution is -2.57. The molecule has 12 heteroatoms. The number of Topliss-reactive ketones (excluding diaryl/α,β-unsaturated/α-hetero) is 1. The number of likely N-dealkylation sites (tertiary alicyclic amines) is 1. The van der Waals surface area contributed by atoms with Gasteiger partial charge in [-0.05, 0) is 52.9 Å². The normalized spacial score (nSPS) is 33.6. The first-order valence-electron chi connectivity index (χ1n) is 17.5. The summed E-state index contributed by atoms with van der Waals surface area (Å²) in [5.74, 6) is -0.634. The van der Waals surface area contributed by atoms with Crippen molar-refractivity contribution in [3.05, 3.63) is 11.6 Å². The summed E-state index contributed by atoms with van der Waals surface area (Å²) in [5, 5.41) is 0. The van der Waals surface area contributed by atoms with Gasteiger partial charge in [-0.15, -0.1) is 0 Å². The van der Waals surface area contributed by atoms with E-state index in [1.54, 1.807) is 16.9 Å². The van der Waals surface area contributed by atoms with Crippen LogP contribution in [0.25, 0.3) is 0 Å². The molecule has 0 radical (unpaired) electrons. The molecular weight excluding hydrogens is 606 g/mol. The molecule has 12 nitrogen and oxygen atoms in total. The zero-order chi connectivity index (χ0) is 33.9. The summed E-state index contributed by atoms with van der Waals surface area (Å²) in [6, 6.07) is -0.586. The molecule has 4 aliphatic heterocycles. The number of ether oxygens (including phenoxy) is 5. The fourth-order valence-corrected chi connectivity index (χ4v) is 7.77. The molecule has 264 valence electrons. The minimum absolute atomic E-state index is 0.0230. The van der Waals surface area contributed by atoms with E-state index in [2.05, 4.69) is 31.7 Å². The number of rotatable bonds is 13. The standard InChI is InChI=1S/C35H55N3O9/c1-23(2)9-11-28-34(5,47-28)31-30(43-6)27(13-14-35(31)22-45-35)46-33(42)37-18-16-36(17-19-37)20-21-44-32(41)25-8-7-15-38(25)29(40)12-10-26(39)24(3)4/h9,24-25,27-28,30-31H,7-8,10-22H2,1-6H3/t25?,27-,28-,30-,31-,34-,35+/m1/s1. The van der Waals surface area contributed by atoms with Crippen LogP contribution in [0.4, 0.5) is 4.79 Å². The smallest absolute Gasteiger partial charge is 0.410 e. The van der Waals surface area contributed by atoms with Crippen molar-refractivity contribution in [3.8, 4) is 0 Å². The number of esters is 1. The molecule has 1 saturated carbocycles. The van der Waals surface area contributed by atoms with Crippen molar-refractivity contribution in [3.63, 3.8) is 0 Å². The highest BCUT2D eigenvalue weighted by Gasteiger charge is 2.72. The average Bonchev–Trinajstić information content (AvgIpc) is 3.89.